The molecule has 0 aliphatic heterocycles. The van der Waals surface area contributed by atoms with Gasteiger partial charge in [-0.1, -0.05) is 0 Å². The van der Waals surface area contributed by atoms with Crippen LogP contribution in [0.25, 0.3) is 11.0 Å². The maximum atomic E-state index is 11.1. The Labute approximate surface area is 77.7 Å². The first-order valence-electron chi connectivity index (χ1n) is 4.80. The van der Waals surface area contributed by atoms with E-state index in [9.17, 15) is 4.79 Å². The molecule has 0 saturated heterocycles. The van der Waals surface area contributed by atoms with E-state index >= 15 is 0 Å². The molecule has 2 N–H and O–H groups in total. The molecule has 0 radical (unpaired) electrons. The highest BCUT2D eigenvalue weighted by Crippen LogP contribution is 2.18. The van der Waals surface area contributed by atoms with E-state index in [1.807, 2.05) is 6.92 Å². The molecule has 2 rings (SSSR count). The van der Waals surface area contributed by atoms with Gasteiger partial charge in [0.15, 0.2) is 2.82 Å². The maximum absolute atomic E-state index is 11.1. The first kappa shape index (κ1) is 5.80. The Kier molecular flexibility index (Phi) is 1.17. The van der Waals surface area contributed by atoms with Gasteiger partial charge in [-0.15, -0.1) is 0 Å². The minimum Gasteiger partial charge on any atom is -0.423 e. The number of anilines is 1. The Balaban J connectivity index is 2.76. The molecular formula is C10H9NO2. The highest BCUT2D eigenvalue weighted by molar-refractivity contribution is 5.82. The van der Waals surface area contributed by atoms with Crippen LogP contribution in [0, 0.1) is 6.92 Å². The molecule has 2 aromatic rings. The molecule has 0 amide bonds. The Morgan fingerprint density at radius 2 is 2.31 bits per heavy atom. The van der Waals surface area contributed by atoms with Crippen LogP contribution in [0.3, 0.4) is 0 Å². The topological polar surface area (TPSA) is 56.2 Å². The zero-order chi connectivity index (χ0) is 11.0. The molecule has 1 aromatic heterocycles. The average molecular weight is 177 g/mol. The van der Waals surface area contributed by atoms with E-state index in [-0.39, 0.29) is 0 Å². The van der Waals surface area contributed by atoms with E-state index in [1.165, 1.54) is 12.1 Å². The second-order valence-corrected chi connectivity index (χ2v) is 2.93. The molecule has 0 bridgehead atoms. The predicted molar refractivity (Wildman–Crippen MR) is 51.6 cm³/mol. The van der Waals surface area contributed by atoms with Crippen molar-refractivity contribution in [2.24, 2.45) is 0 Å². The smallest absolute Gasteiger partial charge is 0.336 e. The third kappa shape index (κ3) is 1.28. The lowest BCUT2D eigenvalue weighted by atomic mass is 10.1. The van der Waals surface area contributed by atoms with Crippen molar-refractivity contribution in [3.63, 3.8) is 0 Å². The zero-order valence-electron chi connectivity index (χ0n) is 9.07. The summed E-state index contributed by atoms with van der Waals surface area (Å²) in [6.07, 6.45) is 0. The summed E-state index contributed by atoms with van der Waals surface area (Å²) in [6.45, 7) is 1.82. The maximum Gasteiger partial charge on any atom is 0.336 e. The first-order chi connectivity index (χ1) is 7.08. The van der Waals surface area contributed by atoms with Crippen LogP contribution >= 0.6 is 0 Å². The van der Waals surface area contributed by atoms with Gasteiger partial charge in [0.1, 0.15) is 5.58 Å². The van der Waals surface area contributed by atoms with Crippen LogP contribution in [0.5, 0.6) is 0 Å². The highest BCUT2D eigenvalue weighted by Gasteiger charge is 2.00. The van der Waals surface area contributed by atoms with Gasteiger partial charge in [-0.25, -0.2) is 4.79 Å². The van der Waals surface area contributed by atoms with Crippen molar-refractivity contribution < 1.29 is 7.24 Å². The van der Waals surface area contributed by atoms with Gasteiger partial charge in [-0.3, -0.25) is 0 Å². The van der Waals surface area contributed by atoms with E-state index in [1.54, 1.807) is 12.1 Å². The van der Waals surface area contributed by atoms with Crippen LogP contribution in [-0.2, 0) is 0 Å². The van der Waals surface area contributed by atoms with Gasteiger partial charge in [0, 0.05) is 23.2 Å². The van der Waals surface area contributed by atoms with Crippen LogP contribution in [0.15, 0.2) is 33.5 Å². The lowest BCUT2D eigenvalue weighted by Crippen LogP contribution is -1.98. The zero-order valence-corrected chi connectivity index (χ0v) is 7.07. The fourth-order valence-corrected chi connectivity index (χ4v) is 1.31. The number of hydrogen-bond donors (Lipinski definition) is 1. The lowest BCUT2D eigenvalue weighted by molar-refractivity contribution is 0.560. The Morgan fingerprint density at radius 1 is 1.46 bits per heavy atom. The van der Waals surface area contributed by atoms with Crippen molar-refractivity contribution in [1.29, 1.82) is 0 Å². The number of fused-ring (bicyclic) bond motifs is 1. The van der Waals surface area contributed by atoms with Gasteiger partial charge in [-0.2, -0.15) is 0 Å². The molecule has 1 aromatic carbocycles. The van der Waals surface area contributed by atoms with Crippen molar-refractivity contribution in [2.75, 3.05) is 5.72 Å². The molecule has 0 aliphatic carbocycles. The molecule has 0 unspecified atom stereocenters. The largest absolute Gasteiger partial charge is 0.423 e. The van der Waals surface area contributed by atoms with Crippen LogP contribution < -0.4 is 11.3 Å². The fraction of sp³-hybridized carbons (Fsp3) is 0.100. The van der Waals surface area contributed by atoms with E-state index in [0.29, 0.717) is 17.0 Å². The average Bonchev–Trinajstić information content (AvgIpc) is 2.16. The van der Waals surface area contributed by atoms with Gasteiger partial charge >= 0.3 is 5.63 Å². The molecule has 66 valence electrons. The molecule has 1 heterocycles. The molecule has 0 aliphatic rings. The third-order valence-electron chi connectivity index (χ3n) is 1.93. The summed E-state index contributed by atoms with van der Waals surface area (Å²) in [5, 5.41) is 0.820. The number of hydrogen-bond acceptors (Lipinski definition) is 3. The second-order valence-electron chi connectivity index (χ2n) is 2.93. The number of rotatable bonds is 1. The van der Waals surface area contributed by atoms with E-state index in [4.69, 9.17) is 7.24 Å². The summed E-state index contributed by atoms with van der Waals surface area (Å²) in [4.78, 5) is 11.1. The van der Waals surface area contributed by atoms with Crippen LogP contribution in [0.4, 0.5) is 5.69 Å². The van der Waals surface area contributed by atoms with Crippen LogP contribution in [0.2, 0.25) is 2.82 Å². The molecular weight excluding hydrogens is 166 g/mol. The summed E-state index contributed by atoms with van der Waals surface area (Å²) in [6, 6.07) is 6.29. The second kappa shape index (κ2) is 2.62. The Morgan fingerprint density at radius 3 is 3.08 bits per heavy atom. The molecule has 3 nitrogen and oxygen atoms in total. The van der Waals surface area contributed by atoms with Crippen molar-refractivity contribution in [2.45, 2.75) is 6.92 Å². The van der Waals surface area contributed by atoms with Crippen LogP contribution in [-0.4, -0.2) is 0 Å². The number of nitrogen functional groups attached to an aromatic ring is 1. The first-order valence-corrected chi connectivity index (χ1v) is 3.90. The van der Waals surface area contributed by atoms with Crippen molar-refractivity contribution >= 4 is 16.7 Å². The summed E-state index contributed by atoms with van der Waals surface area (Å²) < 4.78 is 19.1. The molecule has 0 atom stereocenters. The minimum atomic E-state index is -0.418. The van der Waals surface area contributed by atoms with E-state index < -0.39 is 5.63 Å². The van der Waals surface area contributed by atoms with E-state index in [0.717, 1.165) is 10.9 Å². The summed E-state index contributed by atoms with van der Waals surface area (Å²) in [5.74, 6) is 0. The van der Waals surface area contributed by atoms with Gasteiger partial charge in [0.2, 0.25) is 0 Å². The quantitative estimate of drug-likeness (QED) is 0.532. The van der Waals surface area contributed by atoms with Gasteiger partial charge in [-0.05, 0) is 24.6 Å². The van der Waals surface area contributed by atoms with Crippen LogP contribution in [0.1, 0.15) is 5.56 Å². The molecule has 0 spiro atoms. The summed E-state index contributed by atoms with van der Waals surface area (Å²) in [5.41, 5.74) is 1.65. The molecule has 3 heteroatoms. The SMILES string of the molecule is [2H]N([2H])c1ccc2c(C)cc(=O)oc2c1. The Hall–Kier alpha value is -1.77. The number of benzene rings is 1. The third-order valence-corrected chi connectivity index (χ3v) is 1.93. The predicted octanol–water partition coefficient (Wildman–Crippen LogP) is 1.68. The standard InChI is InChI=1S/C10H9NO2/c1-6-4-10(12)13-9-5-7(11)2-3-8(6)9/h2-5H,11H2,1H3/i/hD2. The minimum absolute atomic E-state index is 0.358. The van der Waals surface area contributed by atoms with Gasteiger partial charge in [0.05, 0.1) is 0 Å². The van der Waals surface area contributed by atoms with Crippen molar-refractivity contribution in [1.82, 2.24) is 0 Å². The van der Waals surface area contributed by atoms with E-state index in [2.05, 4.69) is 0 Å². The molecule has 13 heavy (non-hydrogen) atoms. The lowest BCUT2D eigenvalue weighted by Gasteiger charge is -2.00. The summed E-state index contributed by atoms with van der Waals surface area (Å²) >= 11 is 0. The molecule has 0 saturated carbocycles. The summed E-state index contributed by atoms with van der Waals surface area (Å²) in [7, 11) is 0. The monoisotopic (exact) mass is 177 g/mol. The van der Waals surface area contributed by atoms with Gasteiger partial charge in [0.25, 0.3) is 0 Å². The normalized spacial score (nSPS) is 12.4. The van der Waals surface area contributed by atoms with Gasteiger partial charge < -0.3 is 10.1 Å². The molecule has 0 fully saturated rings. The highest BCUT2D eigenvalue weighted by atomic mass is 16.4. The number of aryl methyl sites for hydroxylation is 1. The Bertz CT molecular complexity index is 563. The fourth-order valence-electron chi connectivity index (χ4n) is 1.31. The van der Waals surface area contributed by atoms with Crippen molar-refractivity contribution in [3.05, 3.63) is 40.2 Å². The van der Waals surface area contributed by atoms with Crippen molar-refractivity contribution in [3.8, 4) is 0 Å². The number of nitrogens with two attached hydrogens (primary N) is 1.